The lowest BCUT2D eigenvalue weighted by atomic mass is 9.96. The molecule has 3 heteroatoms. The molecule has 17 heavy (non-hydrogen) atoms. The van der Waals surface area contributed by atoms with E-state index in [2.05, 4.69) is 29.4 Å². The van der Waals surface area contributed by atoms with Crippen LogP contribution in [0.15, 0.2) is 12.3 Å². The van der Waals surface area contributed by atoms with Crippen molar-refractivity contribution in [2.75, 3.05) is 5.75 Å². The highest BCUT2D eigenvalue weighted by Crippen LogP contribution is 2.39. The Labute approximate surface area is 107 Å². The lowest BCUT2D eigenvalue weighted by Crippen LogP contribution is -2.25. The summed E-state index contributed by atoms with van der Waals surface area (Å²) >= 11 is 2.09. The van der Waals surface area contributed by atoms with Gasteiger partial charge >= 0.3 is 0 Å². The quantitative estimate of drug-likeness (QED) is 0.802. The molecular weight excluding hydrogens is 230 g/mol. The van der Waals surface area contributed by atoms with E-state index in [0.717, 1.165) is 31.4 Å². The third-order valence-electron chi connectivity index (χ3n) is 4.00. The molecule has 1 saturated heterocycles. The van der Waals surface area contributed by atoms with Crippen LogP contribution in [0.25, 0.3) is 0 Å². The summed E-state index contributed by atoms with van der Waals surface area (Å²) in [6.07, 6.45) is 7.61. The Balaban J connectivity index is 1.86. The van der Waals surface area contributed by atoms with Crippen LogP contribution in [0.5, 0.6) is 0 Å². The zero-order valence-corrected chi connectivity index (χ0v) is 11.2. The van der Waals surface area contributed by atoms with Crippen molar-refractivity contribution >= 4 is 17.5 Å². The number of fused-ring (bicyclic) bond motifs is 1. The van der Waals surface area contributed by atoms with Crippen molar-refractivity contribution < 1.29 is 4.79 Å². The second-order valence-electron chi connectivity index (χ2n) is 5.48. The molecule has 2 heterocycles. The highest BCUT2D eigenvalue weighted by molar-refractivity contribution is 8.00. The monoisotopic (exact) mass is 249 g/mol. The van der Waals surface area contributed by atoms with Crippen molar-refractivity contribution in [3.63, 3.8) is 0 Å². The molecule has 1 aromatic heterocycles. The van der Waals surface area contributed by atoms with Crippen LogP contribution in [0.4, 0.5) is 0 Å². The third kappa shape index (κ3) is 2.05. The normalized spacial score (nSPS) is 28.4. The summed E-state index contributed by atoms with van der Waals surface area (Å²) < 4.78 is 2.72. The van der Waals surface area contributed by atoms with E-state index in [9.17, 15) is 4.79 Å². The first kappa shape index (κ1) is 11.4. The molecule has 0 N–H and O–H groups in total. The maximum atomic E-state index is 11.8. The molecule has 2 aliphatic rings. The highest BCUT2D eigenvalue weighted by atomic mass is 32.2. The molecule has 0 saturated carbocycles. The Morgan fingerprint density at radius 1 is 1.41 bits per heavy atom. The molecule has 1 aromatic rings. The Morgan fingerprint density at radius 3 is 3.06 bits per heavy atom. The zero-order chi connectivity index (χ0) is 11.9. The maximum Gasteiger partial charge on any atom is 0.164 e. The van der Waals surface area contributed by atoms with Crippen LogP contribution in [0.2, 0.25) is 0 Å². The number of Topliss-reactive ketones (excluding diaryl/α,β-unsaturated/α-hetero) is 1. The topological polar surface area (TPSA) is 22.0 Å². The van der Waals surface area contributed by atoms with Crippen LogP contribution in [-0.4, -0.2) is 20.9 Å². The first-order chi connectivity index (χ1) is 8.18. The van der Waals surface area contributed by atoms with Gasteiger partial charge in [-0.05, 0) is 44.4 Å². The minimum Gasteiger partial charge on any atom is -0.349 e. The molecule has 92 valence electrons. The van der Waals surface area contributed by atoms with Crippen LogP contribution in [0, 0.1) is 0 Å². The first-order valence-corrected chi connectivity index (χ1v) is 7.52. The number of carbonyl (C=O) groups excluding carboxylic acids is 1. The van der Waals surface area contributed by atoms with E-state index in [4.69, 9.17) is 0 Å². The Kier molecular flexibility index (Phi) is 2.81. The molecule has 1 aliphatic carbocycles. The molecule has 0 radical (unpaired) electrons. The summed E-state index contributed by atoms with van der Waals surface area (Å²) in [4.78, 5) is 11.8. The van der Waals surface area contributed by atoms with Gasteiger partial charge in [-0.2, -0.15) is 11.8 Å². The number of hydrogen-bond acceptors (Lipinski definition) is 2. The fourth-order valence-electron chi connectivity index (χ4n) is 3.06. The molecule has 0 amide bonds. The summed E-state index contributed by atoms with van der Waals surface area (Å²) in [5.74, 6) is 1.63. The summed E-state index contributed by atoms with van der Waals surface area (Å²) in [6, 6.07) is 2.03. The number of ketones is 1. The van der Waals surface area contributed by atoms with Gasteiger partial charge in [0.25, 0.3) is 0 Å². The molecule has 1 unspecified atom stereocenters. The summed E-state index contributed by atoms with van der Waals surface area (Å²) in [6.45, 7) is 3.43. The van der Waals surface area contributed by atoms with Gasteiger partial charge in [0.05, 0.1) is 0 Å². The van der Waals surface area contributed by atoms with E-state index < -0.39 is 0 Å². The second kappa shape index (κ2) is 4.20. The summed E-state index contributed by atoms with van der Waals surface area (Å²) in [7, 11) is 0. The predicted molar refractivity (Wildman–Crippen MR) is 71.8 cm³/mol. The molecule has 2 nitrogen and oxygen atoms in total. The van der Waals surface area contributed by atoms with E-state index in [1.165, 1.54) is 24.3 Å². The van der Waals surface area contributed by atoms with Gasteiger partial charge < -0.3 is 4.57 Å². The van der Waals surface area contributed by atoms with Crippen molar-refractivity contribution in [3.05, 3.63) is 23.5 Å². The number of thioether (sulfide) groups is 1. The van der Waals surface area contributed by atoms with E-state index in [0.29, 0.717) is 10.5 Å². The number of nitrogens with zero attached hydrogens (tertiary/aromatic N) is 1. The van der Waals surface area contributed by atoms with Crippen LogP contribution in [-0.2, 0) is 13.0 Å². The largest absolute Gasteiger partial charge is 0.349 e. The van der Waals surface area contributed by atoms with Gasteiger partial charge in [-0.1, -0.05) is 0 Å². The average molecular weight is 249 g/mol. The molecule has 1 aliphatic heterocycles. The van der Waals surface area contributed by atoms with Gasteiger partial charge in [0.1, 0.15) is 0 Å². The van der Waals surface area contributed by atoms with Crippen molar-refractivity contribution in [2.45, 2.75) is 50.3 Å². The second-order valence-corrected chi connectivity index (χ2v) is 7.17. The van der Waals surface area contributed by atoms with Gasteiger partial charge in [0.2, 0.25) is 0 Å². The lowest BCUT2D eigenvalue weighted by molar-refractivity contribution is 0.0971. The van der Waals surface area contributed by atoms with Crippen LogP contribution in [0.3, 0.4) is 0 Å². The molecular formula is C14H19NOS. The fourth-order valence-corrected chi connectivity index (χ4v) is 4.36. The SMILES string of the molecule is CC1(Cn2ccc3c2CCCC3=O)CCCS1. The van der Waals surface area contributed by atoms with Gasteiger partial charge in [-0.3, -0.25) is 4.79 Å². The standard InChI is InChI=1S/C14H19NOS/c1-14(7-3-9-17-14)10-15-8-6-11-12(15)4-2-5-13(11)16/h6,8H,2-5,7,9-10H2,1H3. The average Bonchev–Trinajstić information content (AvgIpc) is 2.88. The molecule has 1 atom stereocenters. The minimum absolute atomic E-state index is 0.342. The van der Waals surface area contributed by atoms with Crippen molar-refractivity contribution in [1.82, 2.24) is 4.57 Å². The number of aromatic nitrogens is 1. The summed E-state index contributed by atoms with van der Waals surface area (Å²) in [5, 5.41) is 0. The van der Waals surface area contributed by atoms with E-state index in [1.54, 1.807) is 0 Å². The maximum absolute atomic E-state index is 11.8. The van der Waals surface area contributed by atoms with Crippen LogP contribution in [0.1, 0.15) is 48.7 Å². The van der Waals surface area contributed by atoms with Crippen molar-refractivity contribution in [2.24, 2.45) is 0 Å². The minimum atomic E-state index is 0.342. The van der Waals surface area contributed by atoms with E-state index in [-0.39, 0.29) is 0 Å². The van der Waals surface area contributed by atoms with Gasteiger partial charge in [-0.25, -0.2) is 0 Å². The number of carbonyl (C=O) groups is 1. The smallest absolute Gasteiger partial charge is 0.164 e. The predicted octanol–water partition coefficient (Wildman–Crippen LogP) is 3.29. The zero-order valence-electron chi connectivity index (χ0n) is 10.4. The fraction of sp³-hybridized carbons (Fsp3) is 0.643. The number of hydrogen-bond donors (Lipinski definition) is 0. The molecule has 0 aromatic carbocycles. The Morgan fingerprint density at radius 2 is 2.29 bits per heavy atom. The third-order valence-corrected chi connectivity index (χ3v) is 5.52. The highest BCUT2D eigenvalue weighted by Gasteiger charge is 2.31. The molecule has 3 rings (SSSR count). The van der Waals surface area contributed by atoms with Crippen molar-refractivity contribution in [3.8, 4) is 0 Å². The van der Waals surface area contributed by atoms with E-state index >= 15 is 0 Å². The van der Waals surface area contributed by atoms with Crippen molar-refractivity contribution in [1.29, 1.82) is 0 Å². The Hall–Kier alpha value is -0.700. The van der Waals surface area contributed by atoms with E-state index in [1.807, 2.05) is 6.07 Å². The molecule has 0 spiro atoms. The van der Waals surface area contributed by atoms with Gasteiger partial charge in [-0.15, -0.1) is 0 Å². The first-order valence-electron chi connectivity index (χ1n) is 6.53. The molecule has 0 bridgehead atoms. The van der Waals surface area contributed by atoms with Gasteiger partial charge in [0, 0.05) is 35.2 Å². The summed E-state index contributed by atoms with van der Waals surface area (Å²) in [5.41, 5.74) is 2.28. The van der Waals surface area contributed by atoms with Crippen LogP contribution >= 0.6 is 11.8 Å². The molecule has 1 fully saturated rings. The van der Waals surface area contributed by atoms with Crippen LogP contribution < -0.4 is 0 Å². The van der Waals surface area contributed by atoms with Gasteiger partial charge in [0.15, 0.2) is 5.78 Å². The Bertz CT molecular complexity index is 443. The number of rotatable bonds is 2. The lowest BCUT2D eigenvalue weighted by Gasteiger charge is -2.25.